The average Bonchev–Trinajstić information content (AvgIpc) is 3.62. The number of hydrogen-bond acceptors (Lipinski definition) is 8. The number of hydrogen-bond donors (Lipinski definition) is 6. The molecular weight excluding hydrogens is 683 g/mol. The van der Waals surface area contributed by atoms with Crippen molar-refractivity contribution in [1.82, 2.24) is 26.2 Å². The number of carbonyl (C=O) groups excluding carboxylic acids is 6. The Kier molecular flexibility index (Phi) is 17.6. The van der Waals surface area contributed by atoms with E-state index in [9.17, 15) is 28.8 Å². The lowest BCUT2D eigenvalue weighted by atomic mass is 10.0. The summed E-state index contributed by atoms with van der Waals surface area (Å²) in [5.74, 6) is -2.33. The lowest BCUT2D eigenvalue weighted by molar-refractivity contribution is -0.142. The first-order valence-electron chi connectivity index (χ1n) is 18.0. The van der Waals surface area contributed by atoms with E-state index in [1.54, 1.807) is 0 Å². The minimum atomic E-state index is -1.05. The van der Waals surface area contributed by atoms with Crippen LogP contribution in [0.2, 0.25) is 0 Å². The summed E-state index contributed by atoms with van der Waals surface area (Å²) < 4.78 is 0. The highest BCUT2D eigenvalue weighted by atomic mass is 32.2. The molecule has 2 aromatic rings. The molecule has 52 heavy (non-hydrogen) atoms. The molecule has 1 aliphatic rings. The zero-order chi connectivity index (χ0) is 38.0. The Balaban J connectivity index is 1.84. The summed E-state index contributed by atoms with van der Waals surface area (Å²) in [6.07, 6.45) is 4.43. The third-order valence-corrected chi connectivity index (χ3v) is 9.53. The molecule has 8 N–H and O–H groups in total. The van der Waals surface area contributed by atoms with Gasteiger partial charge in [0.15, 0.2) is 0 Å². The number of thioether (sulfide) groups is 1. The topological polar surface area (TPSA) is 206 Å². The third-order valence-electron chi connectivity index (χ3n) is 8.89. The fourth-order valence-corrected chi connectivity index (χ4v) is 6.65. The van der Waals surface area contributed by atoms with Crippen LogP contribution in [0.3, 0.4) is 0 Å². The summed E-state index contributed by atoms with van der Waals surface area (Å²) in [7, 11) is 0. The predicted octanol–water partition coefficient (Wildman–Crippen LogP) is 1.43. The van der Waals surface area contributed by atoms with Gasteiger partial charge in [-0.25, -0.2) is 0 Å². The number of likely N-dealkylation sites (tertiary alicyclic amines) is 1. The van der Waals surface area contributed by atoms with Gasteiger partial charge in [-0.15, -0.1) is 0 Å². The Morgan fingerprint density at radius 2 is 1.38 bits per heavy atom. The number of nitrogens with zero attached hydrogens (tertiary/aromatic N) is 1. The average molecular weight is 738 g/mol. The predicted molar refractivity (Wildman–Crippen MR) is 203 cm³/mol. The lowest BCUT2D eigenvalue weighted by Crippen LogP contribution is -2.59. The summed E-state index contributed by atoms with van der Waals surface area (Å²) in [5.41, 5.74) is 12.8. The number of nitrogens with two attached hydrogens (primary N) is 2. The fraction of sp³-hybridized carbons (Fsp3) is 0.526. The van der Waals surface area contributed by atoms with E-state index in [0.717, 1.165) is 11.1 Å². The maximum atomic E-state index is 14.4. The van der Waals surface area contributed by atoms with Gasteiger partial charge >= 0.3 is 0 Å². The molecule has 1 fully saturated rings. The monoisotopic (exact) mass is 737 g/mol. The molecule has 13 nitrogen and oxygen atoms in total. The van der Waals surface area contributed by atoms with Gasteiger partial charge in [0.25, 0.3) is 0 Å². The molecule has 14 heteroatoms. The second-order valence-electron chi connectivity index (χ2n) is 13.6. The van der Waals surface area contributed by atoms with Crippen molar-refractivity contribution in [1.29, 1.82) is 0 Å². The van der Waals surface area contributed by atoms with E-state index in [4.69, 9.17) is 11.5 Å². The van der Waals surface area contributed by atoms with Gasteiger partial charge in [0, 0.05) is 25.8 Å². The van der Waals surface area contributed by atoms with Gasteiger partial charge in [0.1, 0.15) is 30.2 Å². The quantitative estimate of drug-likeness (QED) is 0.110. The lowest BCUT2D eigenvalue weighted by Gasteiger charge is -2.31. The minimum absolute atomic E-state index is 0.0284. The molecule has 3 rings (SSSR count). The van der Waals surface area contributed by atoms with Gasteiger partial charge in [-0.1, -0.05) is 74.5 Å². The smallest absolute Gasteiger partial charge is 0.246 e. The van der Waals surface area contributed by atoms with Gasteiger partial charge in [0.2, 0.25) is 35.4 Å². The van der Waals surface area contributed by atoms with Crippen molar-refractivity contribution in [2.24, 2.45) is 17.4 Å². The molecule has 284 valence electrons. The molecule has 0 aromatic heterocycles. The summed E-state index contributed by atoms with van der Waals surface area (Å²) in [6.45, 7) is 4.44. The van der Waals surface area contributed by atoms with E-state index >= 15 is 0 Å². The van der Waals surface area contributed by atoms with E-state index in [-0.39, 0.29) is 37.6 Å². The standard InChI is InChI=1S/C38H55N7O6S/c1-25(2)22-29(35(48)42-28(34(40)47)18-21-52-3)43-37(50)32-16-11-20-45(32)38(51)31(24-27-14-8-5-9-15-27)44-36(49)30(41-33(46)17-10-19-39)23-26-12-6-4-7-13-26/h4-9,12-15,25,28-32H,10-11,16-24,39H2,1-3H3,(H2,40,47)(H,41,46)(H,42,48)(H,43,50)(H,44,49)/t28-,29+,30+,31+,32+/m1/s1. The van der Waals surface area contributed by atoms with Crippen LogP contribution in [0, 0.1) is 5.92 Å². The van der Waals surface area contributed by atoms with Gasteiger partial charge in [-0.05, 0) is 67.7 Å². The molecule has 1 saturated heterocycles. The number of benzene rings is 2. The SMILES string of the molecule is CSCC[C@@H](NC(=O)[C@H](CC(C)C)NC(=O)[C@@H]1CCCN1C(=O)[C@H](Cc1ccccc1)NC(=O)[C@H](Cc1ccccc1)NC(=O)CCCN)C(N)=O. The second kappa shape index (κ2) is 21.8. The number of carbonyl (C=O) groups is 6. The summed E-state index contributed by atoms with van der Waals surface area (Å²) in [5, 5.41) is 11.3. The van der Waals surface area contributed by atoms with Crippen molar-refractivity contribution in [3.05, 3.63) is 71.8 Å². The first kappa shape index (κ1) is 42.0. The Morgan fingerprint density at radius 1 is 0.808 bits per heavy atom. The van der Waals surface area contributed by atoms with Crippen LogP contribution in [-0.4, -0.2) is 95.7 Å². The van der Waals surface area contributed by atoms with Gasteiger partial charge in [-0.2, -0.15) is 11.8 Å². The molecule has 1 heterocycles. The molecule has 0 saturated carbocycles. The minimum Gasteiger partial charge on any atom is -0.368 e. The zero-order valence-electron chi connectivity index (χ0n) is 30.5. The molecule has 6 amide bonds. The Hall–Kier alpha value is -4.43. The van der Waals surface area contributed by atoms with Gasteiger partial charge in [-0.3, -0.25) is 28.8 Å². The van der Waals surface area contributed by atoms with Gasteiger partial charge in [0.05, 0.1) is 0 Å². The van der Waals surface area contributed by atoms with E-state index < -0.39 is 59.7 Å². The number of primary amides is 1. The molecule has 0 radical (unpaired) electrons. The van der Waals surface area contributed by atoms with Crippen LogP contribution in [0.4, 0.5) is 0 Å². The highest BCUT2D eigenvalue weighted by molar-refractivity contribution is 7.98. The van der Waals surface area contributed by atoms with Crippen LogP contribution in [0.1, 0.15) is 63.5 Å². The van der Waals surface area contributed by atoms with E-state index in [2.05, 4.69) is 21.3 Å². The van der Waals surface area contributed by atoms with Crippen LogP contribution < -0.4 is 32.7 Å². The van der Waals surface area contributed by atoms with Crippen molar-refractivity contribution >= 4 is 47.2 Å². The molecule has 5 atom stereocenters. The van der Waals surface area contributed by atoms with E-state index in [0.29, 0.717) is 44.4 Å². The normalized spacial score (nSPS) is 16.3. The first-order valence-corrected chi connectivity index (χ1v) is 19.4. The van der Waals surface area contributed by atoms with Crippen LogP contribution in [0.5, 0.6) is 0 Å². The summed E-state index contributed by atoms with van der Waals surface area (Å²) in [6, 6.07) is 13.8. The Bertz CT molecular complexity index is 1480. The van der Waals surface area contributed by atoms with Crippen molar-refractivity contribution < 1.29 is 28.8 Å². The van der Waals surface area contributed by atoms with Crippen LogP contribution in [0.25, 0.3) is 0 Å². The third kappa shape index (κ3) is 13.6. The van der Waals surface area contributed by atoms with E-state index in [1.807, 2.05) is 80.8 Å². The number of rotatable bonds is 21. The molecule has 0 aliphatic carbocycles. The Morgan fingerprint density at radius 3 is 1.94 bits per heavy atom. The van der Waals surface area contributed by atoms with Crippen LogP contribution in [-0.2, 0) is 41.6 Å². The van der Waals surface area contributed by atoms with E-state index in [1.165, 1.54) is 16.7 Å². The second-order valence-corrected chi connectivity index (χ2v) is 14.6. The maximum Gasteiger partial charge on any atom is 0.246 e. The van der Waals surface area contributed by atoms with Crippen molar-refractivity contribution in [2.75, 3.05) is 25.1 Å². The largest absolute Gasteiger partial charge is 0.368 e. The van der Waals surface area contributed by atoms with Crippen LogP contribution >= 0.6 is 11.8 Å². The Labute approximate surface area is 311 Å². The zero-order valence-corrected chi connectivity index (χ0v) is 31.3. The number of nitrogens with one attached hydrogen (secondary N) is 4. The molecule has 0 spiro atoms. The van der Waals surface area contributed by atoms with Gasteiger partial charge < -0.3 is 37.6 Å². The molecule has 2 aromatic carbocycles. The van der Waals surface area contributed by atoms with Crippen LogP contribution in [0.15, 0.2) is 60.7 Å². The summed E-state index contributed by atoms with van der Waals surface area (Å²) >= 11 is 1.52. The van der Waals surface area contributed by atoms with Crippen molar-refractivity contribution in [2.45, 2.75) is 95.4 Å². The summed E-state index contributed by atoms with van der Waals surface area (Å²) in [4.78, 5) is 81.8. The van der Waals surface area contributed by atoms with Crippen molar-refractivity contribution in [3.8, 4) is 0 Å². The highest BCUT2D eigenvalue weighted by Crippen LogP contribution is 2.21. The maximum absolute atomic E-state index is 14.4. The first-order chi connectivity index (χ1) is 24.9. The molecule has 1 aliphatic heterocycles. The van der Waals surface area contributed by atoms with Crippen molar-refractivity contribution in [3.63, 3.8) is 0 Å². The number of amides is 6. The molecule has 0 bridgehead atoms. The molecule has 0 unspecified atom stereocenters. The molecular formula is C38H55N7O6S. The fourth-order valence-electron chi connectivity index (χ4n) is 6.18. The highest BCUT2D eigenvalue weighted by Gasteiger charge is 2.40.